The standard InChI is InChI=1S/C9H8ClN7/c1-5(8-14-16-17-15-8)13-9-7(10)6(4-11)2-3-12-9/h2-3,5H,1H3,(H,12,13)(H,14,15,16,17). The Morgan fingerprint density at radius 1 is 1.59 bits per heavy atom. The fraction of sp³-hybridized carbons (Fsp3) is 0.222. The van der Waals surface area contributed by atoms with Crippen molar-refractivity contribution < 1.29 is 0 Å². The van der Waals surface area contributed by atoms with Gasteiger partial charge in [-0.3, -0.25) is 0 Å². The molecule has 0 fully saturated rings. The first-order chi connectivity index (χ1) is 8.22. The van der Waals surface area contributed by atoms with Crippen LogP contribution in [0.5, 0.6) is 0 Å². The minimum Gasteiger partial charge on any atom is -0.359 e. The number of nitrogens with zero attached hydrogens (tertiary/aromatic N) is 5. The van der Waals surface area contributed by atoms with E-state index in [2.05, 4.69) is 30.9 Å². The topological polar surface area (TPSA) is 103 Å². The molecule has 2 N–H and O–H groups in total. The normalized spacial score (nSPS) is 11.8. The molecule has 17 heavy (non-hydrogen) atoms. The molecule has 0 aliphatic carbocycles. The first kappa shape index (κ1) is 11.3. The maximum absolute atomic E-state index is 8.83. The number of tetrazole rings is 1. The maximum Gasteiger partial charge on any atom is 0.196 e. The largest absolute Gasteiger partial charge is 0.359 e. The highest BCUT2D eigenvalue weighted by atomic mass is 35.5. The summed E-state index contributed by atoms with van der Waals surface area (Å²) in [5, 5.41) is 25.6. The van der Waals surface area contributed by atoms with Crippen molar-refractivity contribution in [2.75, 3.05) is 5.32 Å². The van der Waals surface area contributed by atoms with Gasteiger partial charge in [0.25, 0.3) is 0 Å². The van der Waals surface area contributed by atoms with Crippen molar-refractivity contribution in [1.82, 2.24) is 25.6 Å². The third-order valence-electron chi connectivity index (χ3n) is 2.11. The summed E-state index contributed by atoms with van der Waals surface area (Å²) in [6.07, 6.45) is 1.51. The molecule has 0 radical (unpaired) electrons. The lowest BCUT2D eigenvalue weighted by atomic mass is 10.2. The summed E-state index contributed by atoms with van der Waals surface area (Å²) < 4.78 is 0. The molecule has 0 bridgehead atoms. The Balaban J connectivity index is 2.23. The zero-order valence-electron chi connectivity index (χ0n) is 8.85. The fourth-order valence-electron chi connectivity index (χ4n) is 1.25. The third-order valence-corrected chi connectivity index (χ3v) is 2.49. The van der Waals surface area contributed by atoms with E-state index in [-0.39, 0.29) is 11.1 Å². The summed E-state index contributed by atoms with van der Waals surface area (Å²) in [5.41, 5.74) is 0.365. The highest BCUT2D eigenvalue weighted by Gasteiger charge is 2.14. The van der Waals surface area contributed by atoms with Crippen LogP contribution in [0, 0.1) is 11.3 Å². The third kappa shape index (κ3) is 2.32. The van der Waals surface area contributed by atoms with Gasteiger partial charge in [0.2, 0.25) is 0 Å². The van der Waals surface area contributed by atoms with Gasteiger partial charge in [-0.15, -0.1) is 10.2 Å². The van der Waals surface area contributed by atoms with Crippen molar-refractivity contribution in [2.45, 2.75) is 13.0 Å². The Labute approximate surface area is 102 Å². The second kappa shape index (κ2) is 4.76. The van der Waals surface area contributed by atoms with Gasteiger partial charge in [-0.25, -0.2) is 4.98 Å². The molecule has 2 heterocycles. The average Bonchev–Trinajstić information content (AvgIpc) is 2.85. The lowest BCUT2D eigenvalue weighted by Crippen LogP contribution is -2.10. The molecule has 0 amide bonds. The minimum absolute atomic E-state index is 0.215. The zero-order chi connectivity index (χ0) is 12.3. The van der Waals surface area contributed by atoms with Crippen molar-refractivity contribution in [3.63, 3.8) is 0 Å². The predicted molar refractivity (Wildman–Crippen MR) is 60.2 cm³/mol. The Hall–Kier alpha value is -2.20. The molecular weight excluding hydrogens is 242 g/mol. The number of nitrogens with one attached hydrogen (secondary N) is 2. The summed E-state index contributed by atoms with van der Waals surface area (Å²) in [6, 6.07) is 3.31. The second-order valence-corrected chi connectivity index (χ2v) is 3.65. The highest BCUT2D eigenvalue weighted by Crippen LogP contribution is 2.25. The maximum atomic E-state index is 8.83. The number of aromatic amines is 1. The molecule has 2 rings (SSSR count). The van der Waals surface area contributed by atoms with Gasteiger partial charge >= 0.3 is 0 Å². The van der Waals surface area contributed by atoms with Crippen LogP contribution in [0.25, 0.3) is 0 Å². The van der Waals surface area contributed by atoms with Crippen LogP contribution in [0.1, 0.15) is 24.4 Å². The van der Waals surface area contributed by atoms with Crippen LogP contribution in [0.2, 0.25) is 5.02 Å². The van der Waals surface area contributed by atoms with Crippen LogP contribution < -0.4 is 5.32 Å². The van der Waals surface area contributed by atoms with E-state index in [4.69, 9.17) is 16.9 Å². The van der Waals surface area contributed by atoms with Gasteiger partial charge in [0.1, 0.15) is 16.9 Å². The fourth-order valence-corrected chi connectivity index (χ4v) is 1.46. The molecule has 0 aromatic carbocycles. The van der Waals surface area contributed by atoms with Gasteiger partial charge in [0, 0.05) is 6.20 Å². The van der Waals surface area contributed by atoms with E-state index in [1.165, 1.54) is 6.20 Å². The van der Waals surface area contributed by atoms with Crippen molar-refractivity contribution in [3.05, 3.63) is 28.7 Å². The van der Waals surface area contributed by atoms with Crippen LogP contribution in [0.15, 0.2) is 12.3 Å². The van der Waals surface area contributed by atoms with Gasteiger partial charge < -0.3 is 5.32 Å². The molecule has 0 spiro atoms. The Morgan fingerprint density at radius 3 is 3.06 bits per heavy atom. The van der Waals surface area contributed by atoms with Gasteiger partial charge in [-0.1, -0.05) is 16.8 Å². The van der Waals surface area contributed by atoms with E-state index in [1.54, 1.807) is 6.07 Å². The van der Waals surface area contributed by atoms with E-state index in [0.717, 1.165) is 0 Å². The molecule has 1 unspecified atom stereocenters. The quantitative estimate of drug-likeness (QED) is 0.850. The Kier molecular flexibility index (Phi) is 3.16. The molecular formula is C9H8ClN7. The Morgan fingerprint density at radius 2 is 2.41 bits per heavy atom. The number of aromatic nitrogens is 5. The number of hydrogen-bond acceptors (Lipinski definition) is 6. The molecule has 0 saturated carbocycles. The second-order valence-electron chi connectivity index (χ2n) is 3.27. The number of rotatable bonds is 3. The SMILES string of the molecule is CC(Nc1nccc(C#N)c1Cl)c1nn[nH]n1. The lowest BCUT2D eigenvalue weighted by Gasteiger charge is -2.11. The van der Waals surface area contributed by atoms with Gasteiger partial charge in [-0.05, 0) is 13.0 Å². The van der Waals surface area contributed by atoms with Crippen molar-refractivity contribution in [2.24, 2.45) is 0 Å². The summed E-state index contributed by atoms with van der Waals surface area (Å²) >= 11 is 6.00. The van der Waals surface area contributed by atoms with E-state index in [1.807, 2.05) is 13.0 Å². The zero-order valence-corrected chi connectivity index (χ0v) is 9.60. The molecule has 2 aromatic rings. The number of pyridine rings is 1. The van der Waals surface area contributed by atoms with E-state index < -0.39 is 0 Å². The number of hydrogen-bond donors (Lipinski definition) is 2. The van der Waals surface area contributed by atoms with E-state index >= 15 is 0 Å². The van der Waals surface area contributed by atoms with E-state index in [0.29, 0.717) is 17.2 Å². The van der Waals surface area contributed by atoms with Crippen LogP contribution in [0.3, 0.4) is 0 Å². The first-order valence-electron chi connectivity index (χ1n) is 4.77. The summed E-state index contributed by atoms with van der Waals surface area (Å²) in [4.78, 5) is 4.06. The minimum atomic E-state index is -0.215. The predicted octanol–water partition coefficient (Wildman–Crippen LogP) is 1.29. The number of anilines is 1. The van der Waals surface area contributed by atoms with Crippen LogP contribution >= 0.6 is 11.6 Å². The monoisotopic (exact) mass is 249 g/mol. The summed E-state index contributed by atoms with van der Waals surface area (Å²) in [5.74, 6) is 0.910. The van der Waals surface area contributed by atoms with Gasteiger partial charge in [0.15, 0.2) is 5.82 Å². The molecule has 7 nitrogen and oxygen atoms in total. The molecule has 86 valence electrons. The molecule has 0 aliphatic rings. The average molecular weight is 250 g/mol. The lowest BCUT2D eigenvalue weighted by molar-refractivity contribution is 0.788. The van der Waals surface area contributed by atoms with E-state index in [9.17, 15) is 0 Å². The first-order valence-corrected chi connectivity index (χ1v) is 5.14. The summed E-state index contributed by atoms with van der Waals surface area (Å²) in [6.45, 7) is 1.84. The highest BCUT2D eigenvalue weighted by molar-refractivity contribution is 6.34. The molecule has 2 aromatic heterocycles. The Bertz CT molecular complexity index is 545. The van der Waals surface area contributed by atoms with Crippen LogP contribution in [-0.2, 0) is 0 Å². The molecule has 0 aliphatic heterocycles. The number of nitriles is 1. The van der Waals surface area contributed by atoms with Gasteiger partial charge in [0.05, 0.1) is 11.6 Å². The van der Waals surface area contributed by atoms with Crippen LogP contribution in [0.4, 0.5) is 5.82 Å². The smallest absolute Gasteiger partial charge is 0.196 e. The van der Waals surface area contributed by atoms with Crippen LogP contribution in [-0.4, -0.2) is 25.6 Å². The molecule has 8 heteroatoms. The van der Waals surface area contributed by atoms with Crippen molar-refractivity contribution >= 4 is 17.4 Å². The number of H-pyrrole nitrogens is 1. The van der Waals surface area contributed by atoms with Crippen molar-refractivity contribution in [1.29, 1.82) is 5.26 Å². The number of halogens is 1. The molecule has 0 saturated heterocycles. The molecule has 1 atom stereocenters. The van der Waals surface area contributed by atoms with Crippen molar-refractivity contribution in [3.8, 4) is 6.07 Å². The van der Waals surface area contributed by atoms with Gasteiger partial charge in [-0.2, -0.15) is 10.5 Å². The summed E-state index contributed by atoms with van der Waals surface area (Å²) in [7, 11) is 0.